The van der Waals surface area contributed by atoms with E-state index in [-0.39, 0.29) is 28.3 Å². The number of nitro groups is 1. The van der Waals surface area contributed by atoms with Gasteiger partial charge < -0.3 is 4.90 Å². The Kier molecular flexibility index (Phi) is 5.29. The van der Waals surface area contributed by atoms with Gasteiger partial charge in [0.1, 0.15) is 12.0 Å². The molecule has 0 aliphatic rings. The summed E-state index contributed by atoms with van der Waals surface area (Å²) in [6.07, 6.45) is 1.10. The topological polar surface area (TPSA) is 93.4 Å². The average Bonchev–Trinajstić information content (AvgIpc) is 2.37. The van der Waals surface area contributed by atoms with E-state index in [2.05, 4.69) is 4.98 Å². The first-order valence-electron chi connectivity index (χ1n) is 5.91. The van der Waals surface area contributed by atoms with Crippen LogP contribution in [0.15, 0.2) is 12.3 Å². The monoisotopic (exact) mass is 321 g/mol. The average molecular weight is 322 g/mol. The SMILES string of the molecule is CCS(=O)(=O)CC(C)N(C)c1ncc([N+](=O)[O-])cc1Cl. The zero-order valence-corrected chi connectivity index (χ0v) is 13.0. The van der Waals surface area contributed by atoms with Gasteiger partial charge in [0.05, 0.1) is 15.7 Å². The predicted octanol–water partition coefficient (Wildman–Crippen LogP) is 1.90. The molecule has 0 bridgehead atoms. The van der Waals surface area contributed by atoms with Crippen LogP contribution in [0.1, 0.15) is 13.8 Å². The Balaban J connectivity index is 2.97. The van der Waals surface area contributed by atoms with E-state index in [1.54, 1.807) is 25.8 Å². The minimum atomic E-state index is -3.13. The fourth-order valence-electron chi connectivity index (χ4n) is 1.59. The Morgan fingerprint density at radius 2 is 2.15 bits per heavy atom. The standard InChI is InChI=1S/C11H16ClN3O4S/c1-4-20(18,19)7-8(2)14(3)11-10(12)5-9(6-13-11)15(16)17/h5-6,8H,4,7H2,1-3H3. The Labute approximate surface area is 122 Å². The molecular weight excluding hydrogens is 306 g/mol. The molecule has 0 aliphatic carbocycles. The van der Waals surface area contributed by atoms with Gasteiger partial charge in [-0.3, -0.25) is 10.1 Å². The molecule has 0 aromatic carbocycles. The van der Waals surface area contributed by atoms with Gasteiger partial charge in [-0.25, -0.2) is 13.4 Å². The molecular formula is C11H16ClN3O4S. The fraction of sp³-hybridized carbons (Fsp3) is 0.545. The highest BCUT2D eigenvalue weighted by atomic mass is 35.5. The molecule has 20 heavy (non-hydrogen) atoms. The van der Waals surface area contributed by atoms with Crippen LogP contribution in [0.25, 0.3) is 0 Å². The summed E-state index contributed by atoms with van der Waals surface area (Å²) in [7, 11) is -1.48. The van der Waals surface area contributed by atoms with Gasteiger partial charge in [-0.1, -0.05) is 18.5 Å². The number of sulfone groups is 1. The first-order chi connectivity index (χ1) is 9.18. The number of anilines is 1. The summed E-state index contributed by atoms with van der Waals surface area (Å²) in [5.74, 6) is 0.345. The van der Waals surface area contributed by atoms with Crippen molar-refractivity contribution in [1.29, 1.82) is 0 Å². The van der Waals surface area contributed by atoms with Gasteiger partial charge in [0.25, 0.3) is 5.69 Å². The van der Waals surface area contributed by atoms with Crippen molar-refractivity contribution < 1.29 is 13.3 Å². The maximum atomic E-state index is 11.6. The fourth-order valence-corrected chi connectivity index (χ4v) is 3.07. The number of pyridine rings is 1. The lowest BCUT2D eigenvalue weighted by Gasteiger charge is -2.26. The zero-order valence-electron chi connectivity index (χ0n) is 11.4. The van der Waals surface area contributed by atoms with E-state index in [9.17, 15) is 18.5 Å². The van der Waals surface area contributed by atoms with Crippen molar-refractivity contribution >= 4 is 32.9 Å². The normalized spacial score (nSPS) is 13.0. The minimum absolute atomic E-state index is 0.0327. The first kappa shape index (κ1) is 16.6. The maximum absolute atomic E-state index is 11.6. The molecule has 1 aromatic rings. The molecule has 0 spiro atoms. The summed E-state index contributed by atoms with van der Waals surface area (Å²) >= 11 is 5.96. The van der Waals surface area contributed by atoms with Gasteiger partial charge in [0, 0.05) is 24.9 Å². The van der Waals surface area contributed by atoms with Gasteiger partial charge in [0.2, 0.25) is 0 Å². The summed E-state index contributed by atoms with van der Waals surface area (Å²) in [6.45, 7) is 3.31. The summed E-state index contributed by atoms with van der Waals surface area (Å²) in [5.41, 5.74) is -0.207. The number of nitrogens with zero attached hydrogens (tertiary/aromatic N) is 3. The van der Waals surface area contributed by atoms with E-state index >= 15 is 0 Å². The first-order valence-corrected chi connectivity index (χ1v) is 8.11. The van der Waals surface area contributed by atoms with Crippen LogP contribution in [-0.2, 0) is 9.84 Å². The Morgan fingerprint density at radius 1 is 1.55 bits per heavy atom. The van der Waals surface area contributed by atoms with E-state index in [0.717, 1.165) is 6.20 Å². The lowest BCUT2D eigenvalue weighted by atomic mass is 10.3. The minimum Gasteiger partial charge on any atom is -0.355 e. The molecule has 0 saturated heterocycles. The third kappa shape index (κ3) is 4.04. The van der Waals surface area contributed by atoms with Crippen LogP contribution in [0.5, 0.6) is 0 Å². The van der Waals surface area contributed by atoms with Gasteiger partial charge in [-0.2, -0.15) is 0 Å². The number of rotatable bonds is 6. The van der Waals surface area contributed by atoms with Crippen LogP contribution in [0.3, 0.4) is 0 Å². The lowest BCUT2D eigenvalue weighted by molar-refractivity contribution is -0.385. The van der Waals surface area contributed by atoms with Crippen molar-refractivity contribution in [2.24, 2.45) is 0 Å². The second kappa shape index (κ2) is 6.36. The van der Waals surface area contributed by atoms with Crippen LogP contribution in [-0.4, -0.2) is 42.9 Å². The molecule has 0 saturated carbocycles. The largest absolute Gasteiger partial charge is 0.355 e. The Morgan fingerprint density at radius 3 is 2.60 bits per heavy atom. The van der Waals surface area contributed by atoms with Crippen molar-refractivity contribution in [3.63, 3.8) is 0 Å². The van der Waals surface area contributed by atoms with Gasteiger partial charge in [-0.05, 0) is 6.92 Å². The van der Waals surface area contributed by atoms with Crippen molar-refractivity contribution in [3.05, 3.63) is 27.4 Å². The van der Waals surface area contributed by atoms with Gasteiger partial charge >= 0.3 is 0 Å². The molecule has 112 valence electrons. The second-order valence-electron chi connectivity index (χ2n) is 4.41. The van der Waals surface area contributed by atoms with Crippen LogP contribution in [0, 0.1) is 10.1 Å². The van der Waals surface area contributed by atoms with Crippen LogP contribution in [0.2, 0.25) is 5.02 Å². The predicted molar refractivity (Wildman–Crippen MR) is 78.1 cm³/mol. The third-order valence-electron chi connectivity index (χ3n) is 2.95. The zero-order chi connectivity index (χ0) is 15.5. The summed E-state index contributed by atoms with van der Waals surface area (Å²) < 4.78 is 23.2. The number of halogens is 1. The van der Waals surface area contributed by atoms with Crippen molar-refractivity contribution in [1.82, 2.24) is 4.98 Å². The third-order valence-corrected chi connectivity index (χ3v) is 5.10. The van der Waals surface area contributed by atoms with Gasteiger partial charge in [-0.15, -0.1) is 0 Å². The molecule has 1 atom stereocenters. The molecule has 7 nitrogen and oxygen atoms in total. The molecule has 1 aromatic heterocycles. The highest BCUT2D eigenvalue weighted by Crippen LogP contribution is 2.27. The number of aromatic nitrogens is 1. The summed E-state index contributed by atoms with van der Waals surface area (Å²) in [6, 6.07) is 0.855. The number of hydrogen-bond donors (Lipinski definition) is 0. The molecule has 0 amide bonds. The quantitative estimate of drug-likeness (QED) is 0.587. The molecule has 9 heteroatoms. The molecule has 0 fully saturated rings. The van der Waals surface area contributed by atoms with Crippen molar-refractivity contribution in [2.75, 3.05) is 23.5 Å². The molecule has 0 aliphatic heterocycles. The van der Waals surface area contributed by atoms with E-state index in [0.29, 0.717) is 5.82 Å². The Bertz CT molecular complexity index is 606. The Hall–Kier alpha value is -1.41. The highest BCUT2D eigenvalue weighted by molar-refractivity contribution is 7.91. The van der Waals surface area contributed by atoms with Crippen molar-refractivity contribution in [3.8, 4) is 0 Å². The molecule has 0 N–H and O–H groups in total. The van der Waals surface area contributed by atoms with Crippen LogP contribution >= 0.6 is 11.6 Å². The molecule has 1 unspecified atom stereocenters. The maximum Gasteiger partial charge on any atom is 0.289 e. The summed E-state index contributed by atoms with van der Waals surface area (Å²) in [4.78, 5) is 15.5. The van der Waals surface area contributed by atoms with E-state index in [4.69, 9.17) is 11.6 Å². The number of hydrogen-bond acceptors (Lipinski definition) is 6. The van der Waals surface area contributed by atoms with E-state index in [1.165, 1.54) is 6.07 Å². The van der Waals surface area contributed by atoms with Crippen molar-refractivity contribution in [2.45, 2.75) is 19.9 Å². The van der Waals surface area contributed by atoms with Crippen LogP contribution < -0.4 is 4.90 Å². The molecule has 1 rings (SSSR count). The molecule has 0 radical (unpaired) electrons. The second-order valence-corrected chi connectivity index (χ2v) is 7.22. The highest BCUT2D eigenvalue weighted by Gasteiger charge is 2.21. The van der Waals surface area contributed by atoms with E-state index < -0.39 is 14.8 Å². The summed E-state index contributed by atoms with van der Waals surface area (Å²) in [5, 5.41) is 10.7. The van der Waals surface area contributed by atoms with Gasteiger partial charge in [0.15, 0.2) is 9.84 Å². The van der Waals surface area contributed by atoms with E-state index in [1.807, 2.05) is 0 Å². The lowest BCUT2D eigenvalue weighted by Crippen LogP contribution is -2.36. The smallest absolute Gasteiger partial charge is 0.289 e. The van der Waals surface area contributed by atoms with Crippen LogP contribution in [0.4, 0.5) is 11.5 Å². The molecule has 1 heterocycles.